The molecule has 5 nitrogen and oxygen atoms in total. The molecule has 0 aliphatic heterocycles. The number of sulfonamides is 1. The molecule has 0 aromatic heterocycles. The maximum Gasteiger partial charge on any atom is 0.264 e. The van der Waals surface area contributed by atoms with Crippen LogP contribution in [0.4, 0.5) is 11.4 Å². The predicted octanol–water partition coefficient (Wildman–Crippen LogP) is 5.15. The lowest BCUT2D eigenvalue weighted by Crippen LogP contribution is -2.38. The summed E-state index contributed by atoms with van der Waals surface area (Å²) in [7, 11) is -3.92. The number of hydrogen-bond donors (Lipinski definition) is 1. The maximum atomic E-state index is 13.3. The van der Waals surface area contributed by atoms with Crippen molar-refractivity contribution in [1.29, 1.82) is 0 Å². The Hall–Kier alpha value is -2.64. The van der Waals surface area contributed by atoms with Gasteiger partial charge in [-0.05, 0) is 67.4 Å². The first-order chi connectivity index (χ1) is 14.3. The van der Waals surface area contributed by atoms with E-state index in [9.17, 15) is 13.2 Å². The molecule has 3 aromatic rings. The van der Waals surface area contributed by atoms with Crippen LogP contribution in [0.2, 0.25) is 0 Å². The molecule has 3 aromatic carbocycles. The van der Waals surface area contributed by atoms with Gasteiger partial charge in [0.2, 0.25) is 5.91 Å². The van der Waals surface area contributed by atoms with Gasteiger partial charge in [-0.2, -0.15) is 0 Å². The Morgan fingerprint density at radius 1 is 0.933 bits per heavy atom. The molecule has 0 saturated carbocycles. The van der Waals surface area contributed by atoms with Crippen molar-refractivity contribution in [2.45, 2.75) is 25.2 Å². The molecule has 0 aliphatic carbocycles. The lowest BCUT2D eigenvalue weighted by molar-refractivity contribution is -0.114. The largest absolute Gasteiger partial charge is 0.325 e. The van der Waals surface area contributed by atoms with E-state index in [2.05, 4.69) is 28.2 Å². The number of nitrogens with one attached hydrogen (secondary N) is 1. The monoisotopic (exact) mass is 486 g/mol. The lowest BCUT2D eigenvalue weighted by atomic mass is 10.1. The molecular weight excluding hydrogens is 464 g/mol. The summed E-state index contributed by atoms with van der Waals surface area (Å²) in [6.07, 6.45) is 0.903. The summed E-state index contributed by atoms with van der Waals surface area (Å²) in [5, 5.41) is 2.78. The van der Waals surface area contributed by atoms with Gasteiger partial charge in [0, 0.05) is 10.2 Å². The molecule has 0 fully saturated rings. The number of hydrogen-bond acceptors (Lipinski definition) is 3. The molecule has 0 heterocycles. The zero-order chi connectivity index (χ0) is 21.7. The zero-order valence-electron chi connectivity index (χ0n) is 16.8. The van der Waals surface area contributed by atoms with Crippen LogP contribution in [-0.2, 0) is 21.2 Å². The second-order valence-corrected chi connectivity index (χ2v) is 9.68. The second-order valence-electron chi connectivity index (χ2n) is 6.90. The minimum absolute atomic E-state index is 0.135. The molecule has 0 atom stereocenters. The fourth-order valence-corrected chi connectivity index (χ4v) is 4.60. The quantitative estimate of drug-likeness (QED) is 0.501. The van der Waals surface area contributed by atoms with Gasteiger partial charge in [0.05, 0.1) is 10.6 Å². The van der Waals surface area contributed by atoms with E-state index in [0.717, 1.165) is 26.3 Å². The van der Waals surface area contributed by atoms with Crippen LogP contribution in [0, 0.1) is 6.92 Å². The molecule has 3 rings (SSSR count). The number of halogens is 1. The van der Waals surface area contributed by atoms with Crippen molar-refractivity contribution in [3.05, 3.63) is 88.4 Å². The number of anilines is 2. The first-order valence-corrected chi connectivity index (χ1v) is 11.8. The fraction of sp³-hybridized carbons (Fsp3) is 0.174. The highest BCUT2D eigenvalue weighted by Gasteiger charge is 2.27. The van der Waals surface area contributed by atoms with Crippen LogP contribution >= 0.6 is 15.9 Å². The summed E-state index contributed by atoms with van der Waals surface area (Å²) in [4.78, 5) is 12.9. The van der Waals surface area contributed by atoms with Gasteiger partial charge >= 0.3 is 0 Å². The van der Waals surface area contributed by atoms with Gasteiger partial charge in [0.15, 0.2) is 0 Å². The first kappa shape index (κ1) is 22.1. The molecule has 156 valence electrons. The Kier molecular flexibility index (Phi) is 6.95. The summed E-state index contributed by atoms with van der Waals surface area (Å²) in [6, 6.07) is 20.9. The third kappa shape index (κ3) is 5.29. The van der Waals surface area contributed by atoms with E-state index in [1.807, 2.05) is 31.2 Å². The van der Waals surface area contributed by atoms with Crippen LogP contribution < -0.4 is 9.62 Å². The number of rotatable bonds is 7. The van der Waals surface area contributed by atoms with Crippen molar-refractivity contribution in [3.8, 4) is 0 Å². The zero-order valence-corrected chi connectivity index (χ0v) is 19.2. The van der Waals surface area contributed by atoms with Gasteiger partial charge in [-0.3, -0.25) is 9.10 Å². The number of carbonyl (C=O) groups is 1. The van der Waals surface area contributed by atoms with Crippen LogP contribution in [0.5, 0.6) is 0 Å². The molecule has 0 spiro atoms. The standard InChI is InChI=1S/C23H23BrN2O3S/c1-3-18-6-10-20(11-7-18)25-23(27)16-26(21-12-8-19(24)9-13-21)30(28,29)22-14-4-17(2)5-15-22/h4-15H,3,16H2,1-2H3,(H,25,27). The third-order valence-corrected chi connectivity index (χ3v) is 6.97. The van der Waals surface area contributed by atoms with E-state index in [0.29, 0.717) is 11.4 Å². The summed E-state index contributed by atoms with van der Waals surface area (Å²) >= 11 is 3.36. The average molecular weight is 487 g/mol. The van der Waals surface area contributed by atoms with Crippen molar-refractivity contribution < 1.29 is 13.2 Å². The topological polar surface area (TPSA) is 66.5 Å². The normalized spacial score (nSPS) is 11.2. The van der Waals surface area contributed by atoms with E-state index in [1.165, 1.54) is 0 Å². The minimum Gasteiger partial charge on any atom is -0.325 e. The molecule has 0 saturated heterocycles. The van der Waals surface area contributed by atoms with E-state index in [4.69, 9.17) is 0 Å². The Morgan fingerprint density at radius 3 is 2.10 bits per heavy atom. The molecule has 30 heavy (non-hydrogen) atoms. The van der Waals surface area contributed by atoms with Crippen molar-refractivity contribution in [1.82, 2.24) is 0 Å². The Labute approximate surface area is 185 Å². The van der Waals surface area contributed by atoms with Gasteiger partial charge in [-0.25, -0.2) is 8.42 Å². The van der Waals surface area contributed by atoms with Crippen molar-refractivity contribution in [2.75, 3.05) is 16.2 Å². The van der Waals surface area contributed by atoms with Crippen LogP contribution in [-0.4, -0.2) is 20.9 Å². The van der Waals surface area contributed by atoms with Crippen molar-refractivity contribution in [2.24, 2.45) is 0 Å². The summed E-state index contributed by atoms with van der Waals surface area (Å²) in [5.74, 6) is -0.419. The molecule has 0 radical (unpaired) electrons. The highest BCUT2D eigenvalue weighted by Crippen LogP contribution is 2.25. The summed E-state index contributed by atoms with van der Waals surface area (Å²) in [5.41, 5.74) is 3.15. The third-order valence-electron chi connectivity index (χ3n) is 4.66. The highest BCUT2D eigenvalue weighted by atomic mass is 79.9. The summed E-state index contributed by atoms with van der Waals surface area (Å²) < 4.78 is 28.6. The van der Waals surface area contributed by atoms with E-state index in [-0.39, 0.29) is 11.4 Å². The number of nitrogens with zero attached hydrogens (tertiary/aromatic N) is 1. The molecule has 7 heteroatoms. The molecule has 0 unspecified atom stereocenters. The van der Waals surface area contributed by atoms with Gasteiger partial charge in [-0.15, -0.1) is 0 Å². The Morgan fingerprint density at radius 2 is 1.53 bits per heavy atom. The SMILES string of the molecule is CCc1ccc(NC(=O)CN(c2ccc(Br)cc2)S(=O)(=O)c2ccc(C)cc2)cc1. The van der Waals surface area contributed by atoms with Crippen molar-refractivity contribution in [3.63, 3.8) is 0 Å². The van der Waals surface area contributed by atoms with E-state index >= 15 is 0 Å². The van der Waals surface area contributed by atoms with E-state index in [1.54, 1.807) is 48.5 Å². The molecular formula is C23H23BrN2O3S. The van der Waals surface area contributed by atoms with Crippen LogP contribution in [0.3, 0.4) is 0 Å². The average Bonchev–Trinajstić information content (AvgIpc) is 2.73. The summed E-state index contributed by atoms with van der Waals surface area (Å²) in [6.45, 7) is 3.60. The Balaban J connectivity index is 1.90. The van der Waals surface area contributed by atoms with Crippen LogP contribution in [0.25, 0.3) is 0 Å². The second kappa shape index (κ2) is 9.45. The van der Waals surface area contributed by atoms with Gasteiger partial charge in [-0.1, -0.05) is 52.7 Å². The fourth-order valence-electron chi connectivity index (χ4n) is 2.91. The van der Waals surface area contributed by atoms with Crippen LogP contribution in [0.1, 0.15) is 18.1 Å². The minimum atomic E-state index is -3.92. The molecule has 1 N–H and O–H groups in total. The van der Waals surface area contributed by atoms with Crippen molar-refractivity contribution >= 4 is 43.2 Å². The van der Waals surface area contributed by atoms with Gasteiger partial charge < -0.3 is 5.32 Å². The molecule has 0 aliphatic rings. The number of benzene rings is 3. The highest BCUT2D eigenvalue weighted by molar-refractivity contribution is 9.10. The lowest BCUT2D eigenvalue weighted by Gasteiger charge is -2.24. The number of carbonyl (C=O) groups excluding carboxylic acids is 1. The van der Waals surface area contributed by atoms with Crippen LogP contribution in [0.15, 0.2) is 82.2 Å². The van der Waals surface area contributed by atoms with E-state index < -0.39 is 15.9 Å². The van der Waals surface area contributed by atoms with Gasteiger partial charge in [0.25, 0.3) is 10.0 Å². The van der Waals surface area contributed by atoms with Gasteiger partial charge in [0.1, 0.15) is 6.54 Å². The first-order valence-electron chi connectivity index (χ1n) is 9.53. The molecule has 0 bridgehead atoms. The number of aryl methyl sites for hydroxylation is 2. The Bertz CT molecular complexity index is 1110. The molecule has 1 amide bonds. The number of amides is 1. The smallest absolute Gasteiger partial charge is 0.264 e. The maximum absolute atomic E-state index is 13.3. The predicted molar refractivity (Wildman–Crippen MR) is 124 cm³/mol.